The van der Waals surface area contributed by atoms with E-state index >= 15 is 0 Å². The molecule has 2 aromatic rings. The van der Waals surface area contributed by atoms with Gasteiger partial charge in [-0.1, -0.05) is 36.4 Å². The number of carbonyl (C=O) groups is 1. The first kappa shape index (κ1) is 30.5. The number of urea groups is 1. The number of hydrogen-bond acceptors (Lipinski definition) is 2. The van der Waals surface area contributed by atoms with Crippen molar-refractivity contribution in [3.63, 3.8) is 0 Å². The van der Waals surface area contributed by atoms with Crippen LogP contribution in [0.2, 0.25) is 0 Å². The molecule has 1 unspecified atom stereocenters. The van der Waals surface area contributed by atoms with Gasteiger partial charge in [0.15, 0.2) is 0 Å². The Morgan fingerprint density at radius 3 is 2.31 bits per heavy atom. The highest BCUT2D eigenvalue weighted by molar-refractivity contribution is 9.10. The highest BCUT2D eigenvalue weighted by Gasteiger charge is 2.47. The Morgan fingerprint density at radius 1 is 1.05 bits per heavy atom. The molecule has 2 aromatic carbocycles. The Balaban J connectivity index is 2.16. The average Bonchev–Trinajstić information content (AvgIpc) is 2.83. The van der Waals surface area contributed by atoms with E-state index in [1.807, 2.05) is 0 Å². The van der Waals surface area contributed by atoms with E-state index in [1.165, 1.54) is 6.07 Å². The Morgan fingerprint density at radius 2 is 1.72 bits per heavy atom. The number of hydrogen-bond donors (Lipinski definition) is 2. The summed E-state index contributed by atoms with van der Waals surface area (Å²) in [5, 5.41) is 3.99. The van der Waals surface area contributed by atoms with E-state index in [9.17, 15) is 44.3 Å². The molecule has 39 heavy (non-hydrogen) atoms. The number of alkyl halides is 7. The Hall–Kier alpha value is -3.00. The highest BCUT2D eigenvalue weighted by Crippen LogP contribution is 2.42. The molecule has 0 heterocycles. The third-order valence-corrected chi connectivity index (χ3v) is 6.30. The van der Waals surface area contributed by atoms with E-state index in [2.05, 4.69) is 26.0 Å². The van der Waals surface area contributed by atoms with Crippen molar-refractivity contribution in [3.8, 4) is 0 Å². The van der Waals surface area contributed by atoms with Crippen LogP contribution in [0.25, 0.3) is 0 Å². The zero-order valence-corrected chi connectivity index (χ0v) is 21.2. The molecule has 2 amide bonds. The number of carbonyl (C=O) groups excluding carboxylic acids is 1. The van der Waals surface area contributed by atoms with Gasteiger partial charge in [-0.2, -0.15) is 22.0 Å². The minimum absolute atomic E-state index is 0.0158. The summed E-state index contributed by atoms with van der Waals surface area (Å²) in [6.07, 6.45) is -15.6. The molecule has 2 atom stereocenters. The van der Waals surface area contributed by atoms with E-state index in [-0.39, 0.29) is 22.0 Å². The van der Waals surface area contributed by atoms with E-state index < -0.39 is 61.0 Å². The van der Waals surface area contributed by atoms with Gasteiger partial charge in [-0.15, -0.1) is 0 Å². The second kappa shape index (κ2) is 12.0. The Bertz CT molecular complexity index is 1240. The first-order valence-electron chi connectivity index (χ1n) is 11.2. The van der Waals surface area contributed by atoms with Crippen LogP contribution >= 0.6 is 15.9 Å². The van der Waals surface area contributed by atoms with Crippen LogP contribution in [0, 0.1) is 5.82 Å². The van der Waals surface area contributed by atoms with Crippen molar-refractivity contribution in [2.24, 2.45) is 0 Å². The topological polar surface area (TPSA) is 50.4 Å². The molecular formula is C25H20BrF9N2O2. The molecule has 0 aliphatic heterocycles. The van der Waals surface area contributed by atoms with Gasteiger partial charge in [0.1, 0.15) is 18.2 Å². The molecule has 0 saturated heterocycles. The molecule has 1 aliphatic carbocycles. The van der Waals surface area contributed by atoms with Crippen LogP contribution < -0.4 is 10.6 Å². The lowest BCUT2D eigenvalue weighted by molar-refractivity contribution is -0.312. The van der Waals surface area contributed by atoms with E-state index in [0.29, 0.717) is 11.6 Å². The number of allylic oxidation sites excluding steroid dienone is 2. The van der Waals surface area contributed by atoms with E-state index in [0.717, 1.165) is 18.2 Å². The Kier molecular flexibility index (Phi) is 9.42. The fraction of sp³-hybridized carbons (Fsp3) is 0.320. The first-order valence-corrected chi connectivity index (χ1v) is 11.9. The predicted molar refractivity (Wildman–Crippen MR) is 126 cm³/mol. The van der Waals surface area contributed by atoms with Gasteiger partial charge in [-0.3, -0.25) is 0 Å². The minimum atomic E-state index is -4.96. The van der Waals surface area contributed by atoms with E-state index in [1.54, 1.807) is 35.6 Å². The molecule has 212 valence electrons. The van der Waals surface area contributed by atoms with Crippen molar-refractivity contribution in [2.45, 2.75) is 43.2 Å². The van der Waals surface area contributed by atoms with Crippen molar-refractivity contribution in [2.75, 3.05) is 6.54 Å². The monoisotopic (exact) mass is 630 g/mol. The Labute approximate surface area is 225 Å². The van der Waals surface area contributed by atoms with Crippen LogP contribution in [0.3, 0.4) is 0 Å². The van der Waals surface area contributed by atoms with Crippen LogP contribution in [0.1, 0.15) is 17.5 Å². The summed E-state index contributed by atoms with van der Waals surface area (Å²) < 4.78 is 124. The van der Waals surface area contributed by atoms with E-state index in [4.69, 9.17) is 0 Å². The zero-order chi connectivity index (χ0) is 29.0. The third-order valence-electron chi connectivity index (χ3n) is 5.69. The predicted octanol–water partition coefficient (Wildman–Crippen LogP) is 7.31. The summed E-state index contributed by atoms with van der Waals surface area (Å²) in [4.78, 5) is 12.8. The molecule has 4 nitrogen and oxygen atoms in total. The maximum Gasteiger partial charge on any atom is 0.417 e. The van der Waals surface area contributed by atoms with Gasteiger partial charge in [-0.05, 0) is 56.9 Å². The second-order valence-electron chi connectivity index (χ2n) is 8.56. The maximum atomic E-state index is 14.8. The van der Waals surface area contributed by atoms with Gasteiger partial charge in [-0.25, -0.2) is 22.4 Å². The molecular weight excluding hydrogens is 611 g/mol. The summed E-state index contributed by atoms with van der Waals surface area (Å²) in [6.45, 7) is -1.74. The van der Waals surface area contributed by atoms with Gasteiger partial charge in [0.2, 0.25) is 0 Å². The maximum absolute atomic E-state index is 14.8. The SMILES string of the molecule is O=C(NCC(F)(F)F)N[C@@](Cc1ccccc1)(C1=CC(F)=CC(OC(F)(F)C(F)F)C1)c1ccc(F)c(Br)c1. The molecule has 14 heteroatoms. The molecule has 0 bridgehead atoms. The molecule has 3 rings (SSSR count). The lowest BCUT2D eigenvalue weighted by Crippen LogP contribution is -2.54. The third kappa shape index (κ3) is 8.01. The standard InChI is InChI=1S/C25H20BrF9N2O2/c26-19-10-15(6-7-20(19)28)23(12-14-4-2-1-3-5-14,37-22(38)36-13-24(31,32)33)16-8-17(27)11-18(9-16)39-25(34,35)21(29)30/h1-8,10-11,18,21H,9,12-13H2,(H2,36,37,38)/t18?,23-/m1/s1. The largest absolute Gasteiger partial charge is 0.417 e. The number of ether oxygens (including phenoxy) is 1. The summed E-state index contributed by atoms with van der Waals surface area (Å²) in [6, 6.07) is 9.87. The van der Waals surface area contributed by atoms with Gasteiger partial charge in [0.05, 0.1) is 16.1 Å². The van der Waals surface area contributed by atoms with Crippen LogP contribution in [0.15, 0.2) is 76.6 Å². The van der Waals surface area contributed by atoms with Crippen molar-refractivity contribution in [1.29, 1.82) is 0 Å². The van der Waals surface area contributed by atoms with Gasteiger partial charge >= 0.3 is 24.7 Å². The molecule has 0 aromatic heterocycles. The van der Waals surface area contributed by atoms with Crippen molar-refractivity contribution in [1.82, 2.24) is 10.6 Å². The quantitative estimate of drug-likeness (QED) is 0.285. The number of halogens is 10. The molecule has 2 N–H and O–H groups in total. The fourth-order valence-electron chi connectivity index (χ4n) is 4.03. The first-order chi connectivity index (χ1) is 18.1. The van der Waals surface area contributed by atoms with Gasteiger partial charge in [0, 0.05) is 12.8 Å². The number of nitrogens with one attached hydrogen (secondary N) is 2. The van der Waals surface area contributed by atoms with Gasteiger partial charge in [0.25, 0.3) is 0 Å². The van der Waals surface area contributed by atoms with Crippen molar-refractivity contribution < 1.29 is 49.0 Å². The molecule has 0 fully saturated rings. The van der Waals surface area contributed by atoms with Crippen molar-refractivity contribution >= 4 is 22.0 Å². The summed E-state index contributed by atoms with van der Waals surface area (Å²) in [7, 11) is 0. The lowest BCUT2D eigenvalue weighted by atomic mass is 9.74. The summed E-state index contributed by atoms with van der Waals surface area (Å²) in [5.74, 6) is -1.95. The van der Waals surface area contributed by atoms with Crippen molar-refractivity contribution in [3.05, 3.63) is 93.5 Å². The lowest BCUT2D eigenvalue weighted by Gasteiger charge is -2.40. The van der Waals surface area contributed by atoms with Crippen LogP contribution in [-0.2, 0) is 16.7 Å². The average molecular weight is 631 g/mol. The number of rotatable bonds is 9. The minimum Gasteiger partial charge on any atom is -0.329 e. The van der Waals surface area contributed by atoms with Crippen LogP contribution in [0.5, 0.6) is 0 Å². The second-order valence-corrected chi connectivity index (χ2v) is 9.42. The zero-order valence-electron chi connectivity index (χ0n) is 19.6. The number of benzene rings is 2. The normalized spacial score (nSPS) is 17.8. The summed E-state index contributed by atoms with van der Waals surface area (Å²) in [5.41, 5.74) is -1.75. The smallest absolute Gasteiger partial charge is 0.329 e. The fourth-order valence-corrected chi connectivity index (χ4v) is 4.41. The highest BCUT2D eigenvalue weighted by atomic mass is 79.9. The van der Waals surface area contributed by atoms with Gasteiger partial charge < -0.3 is 15.4 Å². The number of amides is 2. The molecule has 0 radical (unpaired) electrons. The van der Waals surface area contributed by atoms with Crippen LogP contribution in [-0.4, -0.2) is 37.4 Å². The molecule has 1 aliphatic rings. The van der Waals surface area contributed by atoms with Crippen LogP contribution in [0.4, 0.5) is 44.3 Å². The molecule has 0 saturated carbocycles. The summed E-state index contributed by atoms with van der Waals surface area (Å²) >= 11 is 2.99. The molecule has 0 spiro atoms.